The molecule has 0 unspecified atom stereocenters. The molecule has 2 aliphatic carbocycles. The molecule has 7 nitrogen and oxygen atoms in total. The Labute approximate surface area is 239 Å². The molecule has 2 amide bonds. The molecule has 2 saturated heterocycles. The maximum Gasteiger partial charge on any atom is 0.487 e. The van der Waals surface area contributed by atoms with Crippen molar-refractivity contribution in [1.82, 2.24) is 4.90 Å². The quantitative estimate of drug-likeness (QED) is 0.328. The molecule has 0 aromatic heterocycles. The molecule has 4 atom stereocenters. The molecule has 1 saturated carbocycles. The number of para-hydroxylation sites is 1. The fraction of sp³-hybridized carbons (Fsp3) is 0.394. The van der Waals surface area contributed by atoms with Gasteiger partial charge in [0.05, 0.1) is 17.9 Å². The summed E-state index contributed by atoms with van der Waals surface area (Å²) >= 11 is 0. The lowest BCUT2D eigenvalue weighted by Gasteiger charge is -2.42. The Balaban J connectivity index is 1.27. The van der Waals surface area contributed by atoms with Crippen LogP contribution in [0.3, 0.4) is 0 Å². The van der Waals surface area contributed by atoms with Gasteiger partial charge < -0.3 is 19.5 Å². The van der Waals surface area contributed by atoms with Crippen LogP contribution < -0.4 is 4.74 Å². The first-order valence-corrected chi connectivity index (χ1v) is 14.8. The molecule has 0 bridgehead atoms. The molecule has 210 valence electrons. The van der Waals surface area contributed by atoms with Crippen LogP contribution in [0.15, 0.2) is 77.8 Å². The smallest absolute Gasteiger partial charge is 0.487 e. The average Bonchev–Trinajstić information content (AvgIpc) is 3.26. The molecular formula is C33H34BNO6. The maximum atomic E-state index is 14.1. The van der Waals surface area contributed by atoms with E-state index in [2.05, 4.69) is 0 Å². The highest BCUT2D eigenvalue weighted by atomic mass is 16.5. The predicted octanol–water partition coefficient (Wildman–Crippen LogP) is 5.36. The molecule has 7 rings (SSSR count). The van der Waals surface area contributed by atoms with E-state index in [1.807, 2.05) is 60.7 Å². The number of carbonyl (C=O) groups excluding carboxylic acids is 2. The van der Waals surface area contributed by atoms with Crippen molar-refractivity contribution in [3.8, 4) is 11.5 Å². The van der Waals surface area contributed by atoms with Gasteiger partial charge in [0, 0.05) is 11.4 Å². The van der Waals surface area contributed by atoms with Crippen molar-refractivity contribution in [2.24, 2.45) is 17.8 Å². The van der Waals surface area contributed by atoms with E-state index in [4.69, 9.17) is 9.39 Å². The van der Waals surface area contributed by atoms with Gasteiger partial charge in [0.25, 0.3) is 0 Å². The van der Waals surface area contributed by atoms with E-state index in [1.165, 1.54) is 0 Å². The summed E-state index contributed by atoms with van der Waals surface area (Å²) in [6, 6.07) is 20.5. The summed E-state index contributed by atoms with van der Waals surface area (Å²) < 4.78 is 12.4. The first-order chi connectivity index (χ1) is 20.0. The fourth-order valence-corrected chi connectivity index (χ4v) is 7.74. The lowest BCUT2D eigenvalue weighted by Crippen LogP contribution is -2.46. The minimum atomic E-state index is -1.23. The molecule has 2 heterocycles. The zero-order chi connectivity index (χ0) is 28.1. The van der Waals surface area contributed by atoms with Crippen LogP contribution in [-0.2, 0) is 14.2 Å². The largest absolute Gasteiger partial charge is 0.507 e. The number of benzene rings is 3. The Morgan fingerprint density at radius 3 is 2.39 bits per heavy atom. The van der Waals surface area contributed by atoms with Crippen LogP contribution in [0, 0.1) is 17.8 Å². The minimum absolute atomic E-state index is 0.0385. The van der Waals surface area contributed by atoms with Gasteiger partial charge in [0.1, 0.15) is 18.1 Å². The summed E-state index contributed by atoms with van der Waals surface area (Å²) in [7, 11) is -1.23. The number of fused-ring (bicyclic) bond motifs is 4. The third kappa shape index (κ3) is 4.54. The van der Waals surface area contributed by atoms with Gasteiger partial charge >= 0.3 is 7.12 Å². The summed E-state index contributed by atoms with van der Waals surface area (Å²) in [6.45, 7) is 0.219. The number of rotatable bonds is 5. The molecule has 0 spiro atoms. The van der Waals surface area contributed by atoms with Gasteiger partial charge in [-0.15, -0.1) is 0 Å². The van der Waals surface area contributed by atoms with Gasteiger partial charge in [-0.2, -0.15) is 0 Å². The third-order valence-electron chi connectivity index (χ3n) is 9.62. The van der Waals surface area contributed by atoms with E-state index in [0.717, 1.165) is 48.6 Å². The summed E-state index contributed by atoms with van der Waals surface area (Å²) in [5.74, 6) is -0.624. The van der Waals surface area contributed by atoms with E-state index in [-0.39, 0.29) is 36.1 Å². The Bertz CT molecular complexity index is 1520. The van der Waals surface area contributed by atoms with Crippen LogP contribution in [-0.4, -0.2) is 46.6 Å². The number of imide groups is 1. The molecule has 2 aliphatic heterocycles. The Morgan fingerprint density at radius 2 is 1.61 bits per heavy atom. The number of nitrogens with zero attached hydrogens (tertiary/aromatic N) is 1. The van der Waals surface area contributed by atoms with Crippen molar-refractivity contribution in [2.75, 3.05) is 6.61 Å². The molecule has 3 aromatic carbocycles. The number of hydrogen-bond donors (Lipinski definition) is 2. The van der Waals surface area contributed by atoms with Crippen molar-refractivity contribution in [3.63, 3.8) is 0 Å². The molecule has 41 heavy (non-hydrogen) atoms. The van der Waals surface area contributed by atoms with Crippen LogP contribution in [0.4, 0.5) is 0 Å². The topological polar surface area (TPSA) is 96.3 Å². The van der Waals surface area contributed by atoms with Crippen LogP contribution in [0.5, 0.6) is 11.5 Å². The Kier molecular flexibility index (Phi) is 6.83. The lowest BCUT2D eigenvalue weighted by atomic mass is 9.55. The van der Waals surface area contributed by atoms with Gasteiger partial charge in [-0.05, 0) is 71.8 Å². The van der Waals surface area contributed by atoms with Crippen LogP contribution in [0.2, 0.25) is 0 Å². The lowest BCUT2D eigenvalue weighted by molar-refractivity contribution is -0.143. The maximum absolute atomic E-state index is 14.1. The monoisotopic (exact) mass is 551 g/mol. The number of carbonyl (C=O) groups is 2. The number of likely N-dealkylation sites (tertiary alicyclic amines) is 1. The second kappa shape index (κ2) is 10.7. The highest BCUT2D eigenvalue weighted by molar-refractivity contribution is 6.53. The number of ether oxygens (including phenoxy) is 1. The Hall–Kier alpha value is -3.62. The van der Waals surface area contributed by atoms with E-state index in [0.29, 0.717) is 29.4 Å². The second-order valence-electron chi connectivity index (χ2n) is 11.9. The Morgan fingerprint density at radius 1 is 0.878 bits per heavy atom. The van der Waals surface area contributed by atoms with Crippen molar-refractivity contribution < 1.29 is 29.1 Å². The zero-order valence-corrected chi connectivity index (χ0v) is 22.9. The number of amides is 2. The highest BCUT2D eigenvalue weighted by Gasteiger charge is 2.59. The van der Waals surface area contributed by atoms with E-state index >= 15 is 0 Å². The summed E-state index contributed by atoms with van der Waals surface area (Å²) in [5.41, 5.74) is 2.38. The van der Waals surface area contributed by atoms with Crippen molar-refractivity contribution in [2.45, 2.75) is 57.1 Å². The SMILES string of the molecule is O=C1[C@H]2[C@H](CC(COc3ccccc3)=C3B(O)O[C@H](c4ccc(O)c5ccccc45)C[C@H]32)C(=O)N1C1CCCCC1. The predicted molar refractivity (Wildman–Crippen MR) is 155 cm³/mol. The first-order valence-electron chi connectivity index (χ1n) is 14.8. The van der Waals surface area contributed by atoms with Gasteiger partial charge in [-0.3, -0.25) is 14.5 Å². The van der Waals surface area contributed by atoms with Crippen molar-refractivity contribution >= 4 is 29.7 Å². The molecule has 0 radical (unpaired) electrons. The zero-order valence-electron chi connectivity index (χ0n) is 22.9. The number of phenolic OH excluding ortho intramolecular Hbond substituents is 1. The van der Waals surface area contributed by atoms with Crippen LogP contribution in [0.25, 0.3) is 10.8 Å². The van der Waals surface area contributed by atoms with Gasteiger partial charge in [-0.1, -0.05) is 67.8 Å². The second-order valence-corrected chi connectivity index (χ2v) is 11.9. The number of allylic oxidation sites excluding steroid dienone is 1. The van der Waals surface area contributed by atoms with Gasteiger partial charge in [-0.25, -0.2) is 0 Å². The number of aromatic hydroxyl groups is 1. The summed E-state index contributed by atoms with van der Waals surface area (Å²) in [6.07, 6.45) is 5.25. The molecule has 8 heteroatoms. The van der Waals surface area contributed by atoms with Crippen molar-refractivity contribution in [3.05, 3.63) is 83.3 Å². The normalized spacial score (nSPS) is 26.9. The molecule has 3 fully saturated rings. The molecule has 3 aromatic rings. The van der Waals surface area contributed by atoms with E-state index in [1.54, 1.807) is 11.0 Å². The standard InChI is InChI=1S/C33H34BNO6/c36-28-16-15-25(23-13-7-8-14-24(23)28)29-18-26-30-27(32(37)35(33(30)38)21-9-3-1-4-10-21)17-20(31(26)34(39)41-29)19-40-22-11-5-2-6-12-22/h2,5-8,11-16,21,26-27,29-30,36,39H,1,3-4,9-10,17-19H2/t26-,27-,29-,30+/m0/s1. The molecule has 2 N–H and O–H groups in total. The minimum Gasteiger partial charge on any atom is -0.507 e. The summed E-state index contributed by atoms with van der Waals surface area (Å²) in [4.78, 5) is 29.6. The third-order valence-corrected chi connectivity index (χ3v) is 9.62. The summed E-state index contributed by atoms with van der Waals surface area (Å²) in [5, 5.41) is 23.5. The molecular weight excluding hydrogens is 517 g/mol. The van der Waals surface area contributed by atoms with Gasteiger partial charge in [0.2, 0.25) is 11.8 Å². The fourth-order valence-electron chi connectivity index (χ4n) is 7.74. The van der Waals surface area contributed by atoms with Crippen LogP contribution >= 0.6 is 0 Å². The van der Waals surface area contributed by atoms with Crippen LogP contribution in [0.1, 0.15) is 56.6 Å². The molecule has 4 aliphatic rings. The van der Waals surface area contributed by atoms with Gasteiger partial charge in [0.15, 0.2) is 0 Å². The number of hydrogen-bond acceptors (Lipinski definition) is 6. The van der Waals surface area contributed by atoms with E-state index < -0.39 is 25.1 Å². The average molecular weight is 551 g/mol. The first kappa shape index (κ1) is 26.3. The highest BCUT2D eigenvalue weighted by Crippen LogP contribution is 2.53. The van der Waals surface area contributed by atoms with E-state index in [9.17, 15) is 19.7 Å². The number of phenols is 1. The van der Waals surface area contributed by atoms with Crippen molar-refractivity contribution in [1.29, 1.82) is 0 Å².